The Morgan fingerprint density at radius 1 is 1.50 bits per heavy atom. The van der Waals surface area contributed by atoms with E-state index in [-0.39, 0.29) is 17.6 Å². The number of nitrogens with zero attached hydrogens (tertiary/aromatic N) is 2. The van der Waals surface area contributed by atoms with Gasteiger partial charge in [0.05, 0.1) is 0 Å². The number of nitrogens with one attached hydrogen (secondary N) is 1. The molecule has 20 heavy (non-hydrogen) atoms. The number of piperidine rings is 1. The van der Waals surface area contributed by atoms with Gasteiger partial charge in [0.1, 0.15) is 5.69 Å². The Balaban J connectivity index is 2.07. The molecule has 2 rings (SSSR count). The van der Waals surface area contributed by atoms with Gasteiger partial charge in [-0.15, -0.1) is 0 Å². The fourth-order valence-corrected chi connectivity index (χ4v) is 2.28. The minimum absolute atomic E-state index is 0.202. The summed E-state index contributed by atoms with van der Waals surface area (Å²) < 4.78 is 0. The normalized spacial score (nSPS) is 18.4. The zero-order valence-corrected chi connectivity index (χ0v) is 10.8. The summed E-state index contributed by atoms with van der Waals surface area (Å²) in [7, 11) is 0. The molecule has 1 aliphatic rings. The number of amides is 2. The number of carbonyl (C=O) groups excluding carboxylic acids is 2. The maximum Gasteiger partial charge on any atom is 0.404 e. The van der Waals surface area contributed by atoms with Crippen LogP contribution in [0.2, 0.25) is 0 Å². The Hall–Kier alpha value is -2.44. The van der Waals surface area contributed by atoms with Crippen molar-refractivity contribution in [1.82, 2.24) is 15.2 Å². The zero-order valence-electron chi connectivity index (χ0n) is 10.8. The van der Waals surface area contributed by atoms with Crippen molar-refractivity contribution in [1.29, 1.82) is 0 Å². The first kappa shape index (κ1) is 14.0. The molecular formula is C13H15N3O4. The molecule has 2 amide bonds. The molecule has 0 saturated carbocycles. The van der Waals surface area contributed by atoms with Gasteiger partial charge in [-0.1, -0.05) is 0 Å². The first-order valence-electron chi connectivity index (χ1n) is 6.30. The van der Waals surface area contributed by atoms with E-state index in [9.17, 15) is 14.4 Å². The molecule has 1 aliphatic heterocycles. The number of hydrogen-bond donors (Lipinski definition) is 2. The van der Waals surface area contributed by atoms with E-state index in [0.717, 1.165) is 6.42 Å². The van der Waals surface area contributed by atoms with Gasteiger partial charge in [0.2, 0.25) is 0 Å². The average molecular weight is 277 g/mol. The van der Waals surface area contributed by atoms with Crippen LogP contribution < -0.4 is 5.32 Å². The minimum atomic E-state index is -1.09. The molecule has 1 unspecified atom stereocenters. The van der Waals surface area contributed by atoms with Gasteiger partial charge in [0.15, 0.2) is 6.29 Å². The van der Waals surface area contributed by atoms with Crippen LogP contribution in [0.3, 0.4) is 0 Å². The van der Waals surface area contributed by atoms with Crippen LogP contribution in [-0.4, -0.2) is 52.4 Å². The number of hydrogen-bond acceptors (Lipinski definition) is 4. The van der Waals surface area contributed by atoms with Crippen molar-refractivity contribution in [2.45, 2.75) is 18.9 Å². The number of carbonyl (C=O) groups is 3. The van der Waals surface area contributed by atoms with Crippen molar-refractivity contribution in [2.75, 3.05) is 13.1 Å². The highest BCUT2D eigenvalue weighted by Crippen LogP contribution is 2.14. The molecule has 1 fully saturated rings. The van der Waals surface area contributed by atoms with Crippen molar-refractivity contribution in [2.24, 2.45) is 0 Å². The smallest absolute Gasteiger partial charge is 0.404 e. The van der Waals surface area contributed by atoms with Gasteiger partial charge < -0.3 is 15.3 Å². The molecule has 1 saturated heterocycles. The van der Waals surface area contributed by atoms with Crippen LogP contribution in [0.4, 0.5) is 4.79 Å². The van der Waals surface area contributed by atoms with Crippen LogP contribution in [0.25, 0.3) is 0 Å². The standard InChI is InChI=1S/C13H15N3O4/c17-8-11-6-9(3-4-14-11)12(18)16-5-1-2-10(7-16)15-13(19)20/h3-4,6,8,10,15H,1-2,5,7H2,(H,19,20). The molecule has 0 radical (unpaired) electrons. The van der Waals surface area contributed by atoms with E-state index >= 15 is 0 Å². The van der Waals surface area contributed by atoms with Crippen LogP contribution in [0.15, 0.2) is 18.3 Å². The van der Waals surface area contributed by atoms with Crippen LogP contribution in [-0.2, 0) is 0 Å². The van der Waals surface area contributed by atoms with Crippen molar-refractivity contribution < 1.29 is 19.5 Å². The Morgan fingerprint density at radius 2 is 2.30 bits per heavy atom. The maximum atomic E-state index is 12.3. The number of pyridine rings is 1. The zero-order chi connectivity index (χ0) is 14.5. The highest BCUT2D eigenvalue weighted by atomic mass is 16.4. The van der Waals surface area contributed by atoms with Gasteiger partial charge in [0, 0.05) is 30.9 Å². The first-order valence-corrected chi connectivity index (χ1v) is 6.30. The molecule has 1 atom stereocenters. The minimum Gasteiger partial charge on any atom is -0.465 e. The lowest BCUT2D eigenvalue weighted by Gasteiger charge is -2.32. The fraction of sp³-hybridized carbons (Fsp3) is 0.385. The molecule has 106 valence electrons. The second-order valence-electron chi connectivity index (χ2n) is 4.63. The average Bonchev–Trinajstić information content (AvgIpc) is 2.46. The summed E-state index contributed by atoms with van der Waals surface area (Å²) >= 11 is 0. The van der Waals surface area contributed by atoms with Crippen molar-refractivity contribution >= 4 is 18.3 Å². The number of likely N-dealkylation sites (tertiary alicyclic amines) is 1. The van der Waals surface area contributed by atoms with E-state index in [1.807, 2.05) is 0 Å². The van der Waals surface area contributed by atoms with Gasteiger partial charge in [-0.2, -0.15) is 0 Å². The molecule has 1 aromatic heterocycles. The van der Waals surface area contributed by atoms with Gasteiger partial charge in [-0.3, -0.25) is 14.6 Å². The van der Waals surface area contributed by atoms with E-state index in [4.69, 9.17) is 5.11 Å². The second kappa shape index (κ2) is 6.14. The molecule has 1 aromatic rings. The SMILES string of the molecule is O=Cc1cc(C(=O)N2CCCC(NC(=O)O)C2)ccn1. The van der Waals surface area contributed by atoms with Crippen molar-refractivity contribution in [3.05, 3.63) is 29.6 Å². The Bertz CT molecular complexity index is 532. The highest BCUT2D eigenvalue weighted by Gasteiger charge is 2.25. The lowest BCUT2D eigenvalue weighted by atomic mass is 10.0. The van der Waals surface area contributed by atoms with Gasteiger partial charge >= 0.3 is 6.09 Å². The number of carboxylic acid groups (broad SMARTS) is 1. The molecule has 2 heterocycles. The number of rotatable bonds is 3. The van der Waals surface area contributed by atoms with Crippen LogP contribution in [0.5, 0.6) is 0 Å². The number of aromatic nitrogens is 1. The predicted octanol–water partition coefficient (Wildman–Crippen LogP) is 0.766. The van der Waals surface area contributed by atoms with Gasteiger partial charge in [-0.05, 0) is 25.0 Å². The summed E-state index contributed by atoms with van der Waals surface area (Å²) in [6.45, 7) is 0.916. The number of aldehydes is 1. The van der Waals surface area contributed by atoms with Crippen LogP contribution >= 0.6 is 0 Å². The molecule has 2 N–H and O–H groups in total. The molecule has 7 nitrogen and oxygen atoms in total. The van der Waals surface area contributed by atoms with E-state index in [0.29, 0.717) is 31.4 Å². The van der Waals surface area contributed by atoms with Crippen molar-refractivity contribution in [3.63, 3.8) is 0 Å². The summed E-state index contributed by atoms with van der Waals surface area (Å²) in [5.41, 5.74) is 0.589. The predicted molar refractivity (Wildman–Crippen MR) is 69.7 cm³/mol. The lowest BCUT2D eigenvalue weighted by Crippen LogP contribution is -2.49. The molecular weight excluding hydrogens is 262 g/mol. The summed E-state index contributed by atoms with van der Waals surface area (Å²) in [6.07, 6.45) is 2.36. The molecule has 7 heteroatoms. The third kappa shape index (κ3) is 3.31. The highest BCUT2D eigenvalue weighted by molar-refractivity contribution is 5.95. The van der Waals surface area contributed by atoms with E-state index in [1.54, 1.807) is 11.0 Å². The van der Waals surface area contributed by atoms with E-state index in [2.05, 4.69) is 10.3 Å². The molecule has 0 aliphatic carbocycles. The third-order valence-corrected chi connectivity index (χ3v) is 3.18. The van der Waals surface area contributed by atoms with Gasteiger partial charge in [0.25, 0.3) is 5.91 Å². The van der Waals surface area contributed by atoms with E-state index < -0.39 is 6.09 Å². The van der Waals surface area contributed by atoms with E-state index in [1.165, 1.54) is 12.3 Å². The monoisotopic (exact) mass is 277 g/mol. The summed E-state index contributed by atoms with van der Waals surface area (Å²) in [6, 6.07) is 2.73. The van der Waals surface area contributed by atoms with Crippen LogP contribution in [0.1, 0.15) is 33.7 Å². The topological polar surface area (TPSA) is 99.6 Å². The van der Waals surface area contributed by atoms with Crippen LogP contribution in [0, 0.1) is 0 Å². The Labute approximate surface area is 115 Å². The Morgan fingerprint density at radius 3 is 3.00 bits per heavy atom. The quantitative estimate of drug-likeness (QED) is 0.795. The van der Waals surface area contributed by atoms with Gasteiger partial charge in [-0.25, -0.2) is 4.79 Å². The lowest BCUT2D eigenvalue weighted by molar-refractivity contribution is 0.0692. The molecule has 0 spiro atoms. The summed E-state index contributed by atoms with van der Waals surface area (Å²) in [5.74, 6) is -0.215. The largest absolute Gasteiger partial charge is 0.465 e. The summed E-state index contributed by atoms with van der Waals surface area (Å²) in [5, 5.41) is 11.1. The van der Waals surface area contributed by atoms with Crippen molar-refractivity contribution in [3.8, 4) is 0 Å². The first-order chi connectivity index (χ1) is 9.60. The Kier molecular flexibility index (Phi) is 4.29. The molecule has 0 aromatic carbocycles. The second-order valence-corrected chi connectivity index (χ2v) is 4.63. The molecule has 0 bridgehead atoms. The third-order valence-electron chi connectivity index (χ3n) is 3.18. The maximum absolute atomic E-state index is 12.3. The summed E-state index contributed by atoms with van der Waals surface area (Å²) in [4.78, 5) is 39.0. The fourth-order valence-electron chi connectivity index (χ4n) is 2.28.